The fraction of sp³-hybridized carbons (Fsp3) is 0.333. The van der Waals surface area contributed by atoms with Crippen molar-refractivity contribution in [2.24, 2.45) is 5.14 Å². The Hall–Kier alpha value is -0.430. The summed E-state index contributed by atoms with van der Waals surface area (Å²) in [5.41, 5.74) is 1.12. The molecule has 68 valence electrons. The molecule has 0 saturated heterocycles. The molecule has 0 saturated carbocycles. The Kier molecular flexibility index (Phi) is 3.21. The van der Waals surface area contributed by atoms with Gasteiger partial charge in [-0.25, -0.2) is 9.86 Å². The number of hydrogen-bond acceptors (Lipinski definition) is 3. The molecular weight excluding hydrogens is 196 g/mol. The summed E-state index contributed by atoms with van der Waals surface area (Å²) in [5, 5.41) is 8.67. The van der Waals surface area contributed by atoms with E-state index in [1.54, 1.807) is 11.3 Å². The zero-order valence-corrected chi connectivity index (χ0v) is 7.99. The largest absolute Gasteiger partial charge is 0.274 e. The molecule has 0 bridgehead atoms. The van der Waals surface area contributed by atoms with Crippen LogP contribution < -0.4 is 9.86 Å². The zero-order valence-electron chi connectivity index (χ0n) is 6.36. The fourth-order valence-electron chi connectivity index (χ4n) is 0.773. The first-order valence-corrected chi connectivity index (χ1v) is 5.85. The summed E-state index contributed by atoms with van der Waals surface area (Å²) in [4.78, 5) is 0. The number of nitrogens with one attached hydrogen (secondary N) is 1. The average molecular weight is 206 g/mol. The summed E-state index contributed by atoms with van der Waals surface area (Å²) in [6.45, 7) is 0.357. The second-order valence-corrected chi connectivity index (χ2v) is 4.48. The van der Waals surface area contributed by atoms with Gasteiger partial charge in [-0.05, 0) is 28.8 Å². The summed E-state index contributed by atoms with van der Waals surface area (Å²) in [6, 6.07) is 1.95. The molecule has 6 heteroatoms. The Morgan fingerprint density at radius 2 is 2.33 bits per heavy atom. The van der Waals surface area contributed by atoms with Crippen LogP contribution in [-0.4, -0.2) is 15.0 Å². The Balaban J connectivity index is 2.29. The van der Waals surface area contributed by atoms with Crippen molar-refractivity contribution < 1.29 is 8.42 Å². The van der Waals surface area contributed by atoms with Crippen molar-refractivity contribution in [3.8, 4) is 0 Å². The lowest BCUT2D eigenvalue weighted by molar-refractivity contribution is 0.583. The Morgan fingerprint density at radius 3 is 2.83 bits per heavy atom. The van der Waals surface area contributed by atoms with Crippen molar-refractivity contribution in [2.75, 3.05) is 6.54 Å². The van der Waals surface area contributed by atoms with Gasteiger partial charge < -0.3 is 0 Å². The molecule has 1 rings (SSSR count). The van der Waals surface area contributed by atoms with Crippen LogP contribution in [0.25, 0.3) is 0 Å². The fourth-order valence-corrected chi connectivity index (χ4v) is 1.86. The molecule has 0 unspecified atom stereocenters. The summed E-state index contributed by atoms with van der Waals surface area (Å²) < 4.78 is 23.1. The molecule has 12 heavy (non-hydrogen) atoms. The Labute approximate surface area is 75.6 Å². The third-order valence-electron chi connectivity index (χ3n) is 1.30. The van der Waals surface area contributed by atoms with E-state index in [0.717, 1.165) is 5.56 Å². The second kappa shape index (κ2) is 3.99. The molecule has 0 aliphatic carbocycles. The van der Waals surface area contributed by atoms with Crippen LogP contribution in [0.3, 0.4) is 0 Å². The van der Waals surface area contributed by atoms with Crippen LogP contribution in [0.5, 0.6) is 0 Å². The quantitative estimate of drug-likeness (QED) is 0.732. The van der Waals surface area contributed by atoms with E-state index in [1.807, 2.05) is 16.8 Å². The monoisotopic (exact) mass is 206 g/mol. The summed E-state index contributed by atoms with van der Waals surface area (Å²) in [6.07, 6.45) is 0.680. The minimum Gasteiger partial charge on any atom is -0.216 e. The number of rotatable bonds is 4. The third kappa shape index (κ3) is 3.82. The van der Waals surface area contributed by atoms with E-state index in [2.05, 4.69) is 4.72 Å². The normalized spacial score (nSPS) is 11.8. The minimum atomic E-state index is -3.52. The van der Waals surface area contributed by atoms with Crippen LogP contribution in [0.2, 0.25) is 0 Å². The van der Waals surface area contributed by atoms with Gasteiger partial charge in [0.1, 0.15) is 0 Å². The van der Waals surface area contributed by atoms with Gasteiger partial charge >= 0.3 is 0 Å². The van der Waals surface area contributed by atoms with Crippen molar-refractivity contribution in [1.82, 2.24) is 4.72 Å². The number of hydrogen-bond donors (Lipinski definition) is 2. The van der Waals surface area contributed by atoms with Gasteiger partial charge in [0.15, 0.2) is 0 Å². The van der Waals surface area contributed by atoms with Gasteiger partial charge in [-0.2, -0.15) is 19.8 Å². The van der Waals surface area contributed by atoms with Crippen LogP contribution in [0.4, 0.5) is 0 Å². The molecule has 0 atom stereocenters. The first-order chi connectivity index (χ1) is 5.58. The average Bonchev–Trinajstić information content (AvgIpc) is 2.36. The van der Waals surface area contributed by atoms with Crippen LogP contribution >= 0.6 is 11.3 Å². The lowest BCUT2D eigenvalue weighted by Gasteiger charge is -1.98. The van der Waals surface area contributed by atoms with Gasteiger partial charge in [0.05, 0.1) is 0 Å². The van der Waals surface area contributed by atoms with Gasteiger partial charge in [-0.3, -0.25) is 0 Å². The maximum absolute atomic E-state index is 10.4. The molecule has 0 amide bonds. The van der Waals surface area contributed by atoms with Gasteiger partial charge in [0, 0.05) is 6.54 Å². The summed E-state index contributed by atoms with van der Waals surface area (Å²) in [7, 11) is -3.52. The molecule has 0 aliphatic heterocycles. The van der Waals surface area contributed by atoms with E-state index in [0.29, 0.717) is 13.0 Å². The Morgan fingerprint density at radius 1 is 1.58 bits per heavy atom. The van der Waals surface area contributed by atoms with Crippen molar-refractivity contribution in [2.45, 2.75) is 6.42 Å². The summed E-state index contributed by atoms with van der Waals surface area (Å²) >= 11 is 1.59. The molecule has 0 aromatic carbocycles. The van der Waals surface area contributed by atoms with Gasteiger partial charge in [-0.1, -0.05) is 0 Å². The predicted molar refractivity (Wildman–Crippen MR) is 49.1 cm³/mol. The van der Waals surface area contributed by atoms with Gasteiger partial charge in [-0.15, -0.1) is 0 Å². The molecule has 1 aromatic rings. The highest BCUT2D eigenvalue weighted by Gasteiger charge is 1.99. The molecular formula is C6H10N2O2S2. The van der Waals surface area contributed by atoms with E-state index >= 15 is 0 Å². The molecule has 0 fully saturated rings. The van der Waals surface area contributed by atoms with Crippen molar-refractivity contribution in [3.63, 3.8) is 0 Å². The minimum absolute atomic E-state index is 0.357. The zero-order chi connectivity index (χ0) is 9.03. The maximum Gasteiger partial charge on any atom is 0.274 e. The molecule has 4 nitrogen and oxygen atoms in total. The van der Waals surface area contributed by atoms with Gasteiger partial charge in [0.25, 0.3) is 10.2 Å². The van der Waals surface area contributed by atoms with E-state index in [4.69, 9.17) is 5.14 Å². The molecule has 1 aromatic heterocycles. The maximum atomic E-state index is 10.4. The highest BCUT2D eigenvalue weighted by Crippen LogP contribution is 2.05. The highest BCUT2D eigenvalue weighted by molar-refractivity contribution is 7.87. The lowest BCUT2D eigenvalue weighted by atomic mass is 10.2. The van der Waals surface area contributed by atoms with Crippen LogP contribution in [-0.2, 0) is 16.6 Å². The van der Waals surface area contributed by atoms with Crippen molar-refractivity contribution in [3.05, 3.63) is 22.4 Å². The molecule has 3 N–H and O–H groups in total. The SMILES string of the molecule is NS(=O)(=O)NCCc1ccsc1. The first-order valence-electron chi connectivity index (χ1n) is 3.36. The highest BCUT2D eigenvalue weighted by atomic mass is 32.2. The van der Waals surface area contributed by atoms with E-state index in [1.165, 1.54) is 0 Å². The van der Waals surface area contributed by atoms with E-state index in [-0.39, 0.29) is 0 Å². The van der Waals surface area contributed by atoms with Crippen LogP contribution in [0, 0.1) is 0 Å². The van der Waals surface area contributed by atoms with Crippen molar-refractivity contribution in [1.29, 1.82) is 0 Å². The van der Waals surface area contributed by atoms with Crippen LogP contribution in [0.1, 0.15) is 5.56 Å². The standard InChI is InChI=1S/C6H10N2O2S2/c7-12(9,10)8-3-1-6-2-4-11-5-6/h2,4-5,8H,1,3H2,(H2,7,9,10). The third-order valence-corrected chi connectivity index (χ3v) is 2.64. The van der Waals surface area contributed by atoms with E-state index < -0.39 is 10.2 Å². The van der Waals surface area contributed by atoms with Crippen LogP contribution in [0.15, 0.2) is 16.8 Å². The second-order valence-electron chi connectivity index (χ2n) is 2.32. The molecule has 1 heterocycles. The predicted octanol–water partition coefficient (Wildman–Crippen LogP) is 0.0837. The number of thiophene rings is 1. The first kappa shape index (κ1) is 9.66. The molecule has 0 radical (unpaired) electrons. The van der Waals surface area contributed by atoms with Gasteiger partial charge in [0.2, 0.25) is 0 Å². The smallest absolute Gasteiger partial charge is 0.216 e. The van der Waals surface area contributed by atoms with E-state index in [9.17, 15) is 8.42 Å². The topological polar surface area (TPSA) is 72.2 Å². The Bertz CT molecular complexity index is 317. The number of nitrogens with two attached hydrogens (primary N) is 1. The molecule has 0 aliphatic rings. The summed E-state index contributed by atoms with van der Waals surface area (Å²) in [5.74, 6) is 0. The molecule has 0 spiro atoms. The van der Waals surface area contributed by atoms with Crippen molar-refractivity contribution >= 4 is 21.5 Å². The lowest BCUT2D eigenvalue weighted by Crippen LogP contribution is -2.32.